The van der Waals surface area contributed by atoms with Crippen molar-refractivity contribution in [2.24, 2.45) is 10.3 Å². The van der Waals surface area contributed by atoms with Crippen LogP contribution in [0.4, 0.5) is 4.39 Å². The zero-order valence-corrected chi connectivity index (χ0v) is 19.5. The van der Waals surface area contributed by atoms with Gasteiger partial charge in [0.2, 0.25) is 11.8 Å². The van der Waals surface area contributed by atoms with E-state index in [1.807, 2.05) is 4.90 Å². The maximum Gasteiger partial charge on any atom is 0.285 e. The average molecular weight is 495 g/mol. The summed E-state index contributed by atoms with van der Waals surface area (Å²) in [4.78, 5) is 19.2. The molecule has 0 radical (unpaired) electrons. The highest BCUT2D eigenvalue weighted by Crippen LogP contribution is 2.30. The van der Waals surface area contributed by atoms with Gasteiger partial charge >= 0.3 is 0 Å². The fraction of sp³-hybridized carbons (Fsp3) is 0.240. The number of pyridine rings is 1. The summed E-state index contributed by atoms with van der Waals surface area (Å²) in [6.45, 7) is 1.32. The van der Waals surface area contributed by atoms with Crippen molar-refractivity contribution in [3.8, 4) is 11.6 Å². The van der Waals surface area contributed by atoms with Crippen LogP contribution < -0.4 is 10.1 Å². The first-order chi connectivity index (χ1) is 16.9. The normalized spacial score (nSPS) is 18.5. The molecular formula is C25H23FN4O4S. The lowest BCUT2D eigenvalue weighted by molar-refractivity contribution is -0.126. The van der Waals surface area contributed by atoms with Gasteiger partial charge in [0.15, 0.2) is 5.84 Å². The number of nitrogens with one attached hydrogen (secondary N) is 1. The van der Waals surface area contributed by atoms with Gasteiger partial charge in [-0.25, -0.2) is 9.37 Å². The van der Waals surface area contributed by atoms with Gasteiger partial charge in [-0.15, -0.1) is 4.40 Å². The van der Waals surface area contributed by atoms with E-state index in [-0.39, 0.29) is 29.1 Å². The predicted octanol–water partition coefficient (Wildman–Crippen LogP) is 3.49. The summed E-state index contributed by atoms with van der Waals surface area (Å²) in [7, 11) is -3.71. The highest BCUT2D eigenvalue weighted by Gasteiger charge is 2.35. The Morgan fingerprint density at radius 3 is 2.77 bits per heavy atom. The number of fused-ring (bicyclic) bond motifs is 1. The minimum absolute atomic E-state index is 0.109. The third-order valence-corrected chi connectivity index (χ3v) is 7.33. The number of hydrogen-bond donors (Lipinski definition) is 1. The zero-order valence-electron chi connectivity index (χ0n) is 18.7. The van der Waals surface area contributed by atoms with Crippen molar-refractivity contribution in [3.63, 3.8) is 0 Å². The minimum atomic E-state index is -3.71. The molecule has 1 fully saturated rings. The number of ether oxygens (including phenoxy) is 1. The number of likely N-dealkylation sites (tertiary alicyclic amines) is 1. The molecule has 2 aromatic carbocycles. The Hall–Kier alpha value is -3.79. The molecule has 8 nitrogen and oxygen atoms in total. The van der Waals surface area contributed by atoms with Crippen molar-refractivity contribution in [2.75, 3.05) is 13.1 Å². The van der Waals surface area contributed by atoms with E-state index in [4.69, 9.17) is 4.74 Å². The molecule has 1 atom stereocenters. The third kappa shape index (κ3) is 5.02. The summed E-state index contributed by atoms with van der Waals surface area (Å²) in [5.41, 5.74) is 1.39. The standard InChI is InChI=1S/C25H23FN4O4S/c26-19-7-9-20(10-8-19)34-23-14-17(11-12-27-23)15-28-25(31)18-4-3-13-30(16-18)24-21-5-1-2-6-22(21)35(32,33)29-24/h1-2,5-12,14,18H,3-4,13,15-16H2,(H,28,31). The van der Waals surface area contributed by atoms with Crippen LogP contribution in [0.3, 0.4) is 0 Å². The second-order valence-electron chi connectivity index (χ2n) is 8.45. The number of carbonyl (C=O) groups excluding carboxylic acids is 1. The van der Waals surface area contributed by atoms with Gasteiger partial charge in [-0.3, -0.25) is 4.79 Å². The molecule has 1 saturated heterocycles. The number of amidine groups is 1. The van der Waals surface area contributed by atoms with Crippen molar-refractivity contribution in [1.29, 1.82) is 0 Å². The van der Waals surface area contributed by atoms with Gasteiger partial charge in [-0.2, -0.15) is 8.42 Å². The van der Waals surface area contributed by atoms with Crippen molar-refractivity contribution in [1.82, 2.24) is 15.2 Å². The predicted molar refractivity (Wildman–Crippen MR) is 127 cm³/mol. The maximum atomic E-state index is 13.1. The highest BCUT2D eigenvalue weighted by atomic mass is 32.2. The Balaban J connectivity index is 1.21. The van der Waals surface area contributed by atoms with Crippen LogP contribution >= 0.6 is 0 Å². The molecule has 0 bridgehead atoms. The van der Waals surface area contributed by atoms with Gasteiger partial charge in [0, 0.05) is 37.5 Å². The van der Waals surface area contributed by atoms with Gasteiger partial charge in [0.25, 0.3) is 10.0 Å². The van der Waals surface area contributed by atoms with Crippen LogP contribution in [0.2, 0.25) is 0 Å². The Bertz CT molecular complexity index is 1390. The van der Waals surface area contributed by atoms with Crippen LogP contribution in [-0.2, 0) is 21.4 Å². The van der Waals surface area contributed by atoms with Crippen molar-refractivity contribution in [3.05, 3.63) is 83.8 Å². The maximum absolute atomic E-state index is 13.1. The fourth-order valence-corrected chi connectivity index (χ4v) is 5.50. The van der Waals surface area contributed by atoms with Gasteiger partial charge < -0.3 is 15.0 Å². The smallest absolute Gasteiger partial charge is 0.285 e. The number of hydrogen-bond acceptors (Lipinski definition) is 6. The summed E-state index contributed by atoms with van der Waals surface area (Å²) < 4.78 is 47.6. The molecule has 0 spiro atoms. The lowest BCUT2D eigenvalue weighted by atomic mass is 9.96. The van der Waals surface area contributed by atoms with E-state index >= 15 is 0 Å². The van der Waals surface area contributed by atoms with Gasteiger partial charge in [-0.05, 0) is 60.9 Å². The molecule has 0 aliphatic carbocycles. The number of piperidine rings is 1. The van der Waals surface area contributed by atoms with Crippen molar-refractivity contribution >= 4 is 21.8 Å². The summed E-state index contributed by atoms with van der Waals surface area (Å²) in [6.07, 6.45) is 3.04. The zero-order chi connectivity index (χ0) is 24.4. The summed E-state index contributed by atoms with van der Waals surface area (Å²) in [5, 5.41) is 2.96. The summed E-state index contributed by atoms with van der Waals surface area (Å²) in [6, 6.07) is 15.9. The molecule has 1 amide bonds. The number of amides is 1. The van der Waals surface area contributed by atoms with Crippen LogP contribution in [-0.4, -0.2) is 43.1 Å². The topological polar surface area (TPSA) is 101 Å². The molecule has 1 aromatic heterocycles. The first-order valence-corrected chi connectivity index (χ1v) is 12.7. The Labute approximate surface area is 202 Å². The number of carbonyl (C=O) groups is 1. The van der Waals surface area contributed by atoms with E-state index in [2.05, 4.69) is 14.7 Å². The molecule has 2 aliphatic rings. The lowest BCUT2D eigenvalue weighted by Crippen LogP contribution is -2.45. The van der Waals surface area contributed by atoms with E-state index in [0.717, 1.165) is 12.0 Å². The Kier molecular flexibility index (Phi) is 6.21. The molecule has 180 valence electrons. The first-order valence-electron chi connectivity index (χ1n) is 11.2. The second kappa shape index (κ2) is 9.46. The average Bonchev–Trinajstić information content (AvgIpc) is 3.15. The van der Waals surface area contributed by atoms with E-state index < -0.39 is 10.0 Å². The van der Waals surface area contributed by atoms with Gasteiger partial charge in [0.1, 0.15) is 16.5 Å². The summed E-state index contributed by atoms with van der Waals surface area (Å²) >= 11 is 0. The van der Waals surface area contributed by atoms with Crippen LogP contribution in [0.25, 0.3) is 0 Å². The highest BCUT2D eigenvalue weighted by molar-refractivity contribution is 7.90. The SMILES string of the molecule is O=C(NCc1ccnc(Oc2ccc(F)cc2)c1)C1CCCN(C2=NS(=O)(=O)c3ccccc32)C1. The molecule has 35 heavy (non-hydrogen) atoms. The van der Waals surface area contributed by atoms with Gasteiger partial charge in [-0.1, -0.05) is 12.1 Å². The molecular weight excluding hydrogens is 471 g/mol. The van der Waals surface area contributed by atoms with E-state index in [9.17, 15) is 17.6 Å². The van der Waals surface area contributed by atoms with Crippen molar-refractivity contribution in [2.45, 2.75) is 24.3 Å². The molecule has 1 N–H and O–H groups in total. The van der Waals surface area contributed by atoms with E-state index in [1.54, 1.807) is 42.6 Å². The molecule has 10 heteroatoms. The van der Waals surface area contributed by atoms with E-state index in [1.165, 1.54) is 24.3 Å². The number of rotatable bonds is 5. The van der Waals surface area contributed by atoms with Crippen LogP contribution in [0.15, 0.2) is 76.2 Å². The quantitative estimate of drug-likeness (QED) is 0.583. The monoisotopic (exact) mass is 494 g/mol. The molecule has 5 rings (SSSR count). The number of halogens is 1. The first kappa shape index (κ1) is 23.0. The largest absolute Gasteiger partial charge is 0.439 e. The van der Waals surface area contributed by atoms with Gasteiger partial charge in [0.05, 0.1) is 5.92 Å². The Morgan fingerprint density at radius 2 is 1.94 bits per heavy atom. The summed E-state index contributed by atoms with van der Waals surface area (Å²) in [5.74, 6) is 0.455. The number of sulfonamides is 1. The van der Waals surface area contributed by atoms with E-state index in [0.29, 0.717) is 42.5 Å². The van der Waals surface area contributed by atoms with Crippen molar-refractivity contribution < 1.29 is 22.3 Å². The fourth-order valence-electron chi connectivity index (χ4n) is 4.27. The molecule has 3 aromatic rings. The number of nitrogens with zero attached hydrogens (tertiary/aromatic N) is 3. The third-order valence-electron chi connectivity index (χ3n) is 6.01. The lowest BCUT2D eigenvalue weighted by Gasteiger charge is -2.33. The second-order valence-corrected chi connectivity index (χ2v) is 10.0. The molecule has 2 aliphatic heterocycles. The Morgan fingerprint density at radius 1 is 1.14 bits per heavy atom. The van der Waals surface area contributed by atoms with Crippen LogP contribution in [0.1, 0.15) is 24.0 Å². The minimum Gasteiger partial charge on any atom is -0.439 e. The molecule has 1 unspecified atom stereocenters. The molecule has 0 saturated carbocycles. The number of aromatic nitrogens is 1. The number of benzene rings is 2. The van der Waals surface area contributed by atoms with Crippen LogP contribution in [0.5, 0.6) is 11.6 Å². The molecule has 3 heterocycles. The van der Waals surface area contributed by atoms with Crippen LogP contribution in [0, 0.1) is 11.7 Å².